The molecule has 0 radical (unpaired) electrons. The first-order chi connectivity index (χ1) is 63.0. The number of esters is 5. The third kappa shape index (κ3) is 22.3. The molecule has 0 spiro atoms. The lowest BCUT2D eigenvalue weighted by atomic mass is 9.94. The fourth-order valence-electron chi connectivity index (χ4n) is 15.2. The van der Waals surface area contributed by atoms with Crippen molar-refractivity contribution < 1.29 is 117 Å². The van der Waals surface area contributed by atoms with Gasteiger partial charge in [0.25, 0.3) is 27.8 Å². The van der Waals surface area contributed by atoms with Crippen molar-refractivity contribution >= 4 is 164 Å². The number of thioether (sulfide) groups is 1. The molecule has 22 N–H and O–H groups in total. The predicted molar refractivity (Wildman–Crippen MR) is 474 cm³/mol. The zero-order valence-electron chi connectivity index (χ0n) is 72.4. The fourth-order valence-corrected chi connectivity index (χ4v) is 19.5. The molecule has 0 aromatic carbocycles. The number of H-pyrrole nitrogens is 5. The Kier molecular flexibility index (Phi) is 33.8. The molecular weight excluding hydrogens is 1870 g/mol. The first-order valence-electron chi connectivity index (χ1n) is 41.1. The molecule has 14 heterocycles. The number of rotatable bonds is 27. The summed E-state index contributed by atoms with van der Waals surface area (Å²) >= 11 is 3.77. The number of aromatic nitrogens is 14. The number of nitrogens with one attached hydrogen (secondary N) is 5. The van der Waals surface area contributed by atoms with Crippen LogP contribution in [0.4, 0.5) is 35.6 Å². The number of hydrogen-bond acceptors (Lipinski definition) is 49. The van der Waals surface area contributed by atoms with E-state index in [0.29, 0.717) is 87.3 Å². The number of nitrogen functional groups attached to an aromatic ring is 5. The Bertz CT molecular complexity index is 6200. The van der Waals surface area contributed by atoms with Gasteiger partial charge >= 0.3 is 49.3 Å². The van der Waals surface area contributed by atoms with E-state index in [1.165, 1.54) is 27.7 Å². The highest BCUT2D eigenvalue weighted by Crippen LogP contribution is 2.48. The minimum absolute atomic E-state index is 0.00107. The normalized spacial score (nSPS) is 26.3. The van der Waals surface area contributed by atoms with Crippen LogP contribution in [0.15, 0.2) is 59.7 Å². The second-order valence-corrected chi connectivity index (χ2v) is 35.6. The first-order valence-corrected chi connectivity index (χ1v) is 45.1. The molecule has 20 atom stereocenters. The van der Waals surface area contributed by atoms with Crippen molar-refractivity contribution in [2.75, 3.05) is 86.4 Å². The van der Waals surface area contributed by atoms with Crippen LogP contribution in [-0.4, -0.2) is 278 Å². The van der Waals surface area contributed by atoms with Crippen molar-refractivity contribution in [1.82, 2.24) is 68.1 Å². The summed E-state index contributed by atoms with van der Waals surface area (Å²) in [5.41, 5.74) is 23.6. The van der Waals surface area contributed by atoms with Crippen LogP contribution < -0.4 is 80.9 Å². The molecule has 728 valence electrons. The van der Waals surface area contributed by atoms with Crippen LogP contribution in [-0.2, 0) is 80.8 Å². The number of aliphatic hydroxyl groups is 7. The second-order valence-electron chi connectivity index (χ2n) is 30.7. The smallest absolute Gasteiger partial charge is 0.311 e. The van der Waals surface area contributed by atoms with Gasteiger partial charge in [0.1, 0.15) is 97.9 Å². The van der Waals surface area contributed by atoms with Gasteiger partial charge < -0.3 is 126 Å². The summed E-state index contributed by atoms with van der Waals surface area (Å²) < 4.78 is 71.1. The van der Waals surface area contributed by atoms with Crippen LogP contribution >= 0.6 is 57.1 Å². The number of carbonyl (C=O) groups excluding carboxylic acids is 5. The molecule has 0 bridgehead atoms. The van der Waals surface area contributed by atoms with E-state index in [-0.39, 0.29) is 110 Å². The Morgan fingerprint density at radius 2 is 0.835 bits per heavy atom. The van der Waals surface area contributed by atoms with Crippen molar-refractivity contribution in [2.45, 2.75) is 228 Å². The van der Waals surface area contributed by atoms with E-state index in [1.807, 2.05) is 20.8 Å². The standard InChI is InChI=1S/C18H24N4O8S.C17H20N4O9S.2C14H20N4O6S.C12H16N4O4S/c1-4-5-6-27-11-10(7-28-8(2)23)30-16(12(11)29-9(3)24)22-14-13(31-18(22)26)15(25)21-17(19)20-14;1-6(22)27-5-9-17(4,30-8(3)24)11(28-7(2)23)14(29-9)21-12-10(31-16(21)26)13(25)20-15(18)19-12;2*1-2-3-4-23-8-6(5-19)24-12(7(8)20)18-10-9(25-14(18)22)11(21)17-13(15)16-10;1-4-16(6-2-5(3-17)7(18)8(6)19)10-9(21-4)11(20)15-12(13)14-10/h10-12,16H,4-7H2,1-3H3,(H3,19,20,21,25);9,11,14H,5H2,1-4H3,(H3,18,19,20,25);2*6-8,12,19-20H,2-5H2,1H3,(H3,15,16,17,21);5-8,17-19H,1-3H2,(H3,13,14,15,20)/t10-,11+,12-,16-;9-,11+,14-,17+;2*6-,7-,8+,12-;5-,6-,7-,8+/m11111/s1. The van der Waals surface area contributed by atoms with Crippen molar-refractivity contribution in [1.29, 1.82) is 0 Å². The number of aliphatic hydroxyl groups excluding tert-OH is 7. The van der Waals surface area contributed by atoms with Gasteiger partial charge in [0.05, 0.1) is 30.4 Å². The van der Waals surface area contributed by atoms with Crippen LogP contribution in [0.3, 0.4) is 0 Å². The summed E-state index contributed by atoms with van der Waals surface area (Å²) in [6.07, 6.45) is -12.2. The van der Waals surface area contributed by atoms with Gasteiger partial charge in [-0.2, -0.15) is 24.9 Å². The van der Waals surface area contributed by atoms with Gasteiger partial charge in [0.15, 0.2) is 71.1 Å². The molecule has 1 aliphatic carbocycles. The molecule has 0 amide bonds. The van der Waals surface area contributed by atoms with E-state index < -0.39 is 193 Å². The van der Waals surface area contributed by atoms with E-state index in [0.717, 1.165) is 82.4 Å². The predicted octanol–water partition coefficient (Wildman–Crippen LogP) is -3.08. The largest absolute Gasteiger partial charge is 0.463 e. The highest BCUT2D eigenvalue weighted by atomic mass is 32.2. The quantitative estimate of drug-likeness (QED) is 0.0138. The molecule has 5 aliphatic heterocycles. The minimum Gasteiger partial charge on any atom is -0.463 e. The van der Waals surface area contributed by atoms with Crippen LogP contribution in [0.1, 0.15) is 132 Å². The first kappa shape index (κ1) is 102. The maximum atomic E-state index is 12.8. The fraction of sp³-hybridized carbons (Fsp3) is 0.587. The lowest BCUT2D eigenvalue weighted by Gasteiger charge is -2.33. The Morgan fingerprint density at radius 1 is 0.459 bits per heavy atom. The number of thiazole rings is 4. The van der Waals surface area contributed by atoms with E-state index in [2.05, 4.69) is 56.4 Å². The summed E-state index contributed by atoms with van der Waals surface area (Å²) in [5, 5.41) is 70.1. The summed E-state index contributed by atoms with van der Waals surface area (Å²) in [6, 6.07) is -0.507. The monoisotopic (exact) mass is 1970 g/mol. The Labute approximate surface area is 767 Å². The van der Waals surface area contributed by atoms with Gasteiger partial charge in [-0.1, -0.05) is 104 Å². The number of aromatic amines is 5. The molecule has 4 saturated heterocycles. The Balaban J connectivity index is 0.000000161. The molecule has 9 aromatic rings. The molecule has 5 fully saturated rings. The van der Waals surface area contributed by atoms with E-state index in [9.17, 15) is 103 Å². The van der Waals surface area contributed by atoms with Crippen LogP contribution in [0, 0.1) is 5.92 Å². The van der Waals surface area contributed by atoms with Crippen molar-refractivity contribution in [2.24, 2.45) is 5.92 Å². The number of fused-ring (bicyclic) bond motifs is 5. The van der Waals surface area contributed by atoms with Crippen molar-refractivity contribution in [3.05, 3.63) is 102 Å². The van der Waals surface area contributed by atoms with E-state index in [1.54, 1.807) is 4.90 Å². The maximum absolute atomic E-state index is 12.8. The van der Waals surface area contributed by atoms with Gasteiger partial charge in [0, 0.05) is 67.0 Å². The summed E-state index contributed by atoms with van der Waals surface area (Å²) in [5.74, 6) is -4.07. The molecule has 9 aromatic heterocycles. The van der Waals surface area contributed by atoms with E-state index >= 15 is 0 Å². The topological polar surface area (TPSA) is 788 Å². The third-order valence-corrected chi connectivity index (χ3v) is 26.0. The molecule has 0 unspecified atom stereocenters. The Morgan fingerprint density at radius 3 is 1.21 bits per heavy atom. The summed E-state index contributed by atoms with van der Waals surface area (Å²) in [7, 11) is 0. The highest BCUT2D eigenvalue weighted by Gasteiger charge is 2.61. The number of carbonyl (C=O) groups is 5. The minimum atomic E-state index is -1.64. The molecule has 1 saturated carbocycles. The highest BCUT2D eigenvalue weighted by molar-refractivity contribution is 8.03. The number of anilines is 6. The lowest BCUT2D eigenvalue weighted by Crippen LogP contribution is -2.52. The molecule has 133 heavy (non-hydrogen) atoms. The van der Waals surface area contributed by atoms with Crippen LogP contribution in [0.25, 0.3) is 41.4 Å². The number of nitrogens with two attached hydrogens (primary N) is 5. The second kappa shape index (κ2) is 43.9. The van der Waals surface area contributed by atoms with Crippen LogP contribution in [0.5, 0.6) is 0 Å². The lowest BCUT2D eigenvalue weighted by molar-refractivity contribution is -0.183. The SMILES string of the molecule is C=C1Sc2c(nc(N)[nH]c2=O)N1[C@@H]1C[C@H](CO)[C@@H](O)[C@H]1O.CC(=O)OC[C@H]1O[C@@H](n2c(=O)sc3c(=O)[nH]c(N)nc32)[C@H](OC(C)=O)[C@@]1(C)OC(C)=O.CCCCO[C@@H]1[C@@H](O)[C@H](n2c(=O)sc3c(=O)[nH]c(N)nc32)O[C@@H]1CO.CCCCO[C@@H]1[C@@H](O)[C@H](n2c(=O)sc3c(=O)[nH]c(N)nc32)O[C@@H]1CO.CCCCO[C@@H]1[C@@H](OC(C)=O)[C@H](n2c(=O)sc3c(=O)[nH]c(N)nc32)O[C@@H]1COC(C)=O. The molecule has 6 aliphatic rings. The number of unbranched alkanes of at least 4 members (excludes halogenated alkanes) is 3. The van der Waals surface area contributed by atoms with Gasteiger partial charge in [-0.15, -0.1) is 0 Å². The van der Waals surface area contributed by atoms with Crippen molar-refractivity contribution in [3.63, 3.8) is 0 Å². The average molecular weight is 1970 g/mol. The maximum Gasteiger partial charge on any atom is 0.311 e. The van der Waals surface area contributed by atoms with Gasteiger partial charge in [-0.25, -0.2) is 0 Å². The average Bonchev–Trinajstić information content (AvgIpc) is 1.57. The summed E-state index contributed by atoms with van der Waals surface area (Å²) in [6.45, 7) is 16.8. The zero-order valence-corrected chi connectivity index (χ0v) is 76.5. The van der Waals surface area contributed by atoms with Crippen molar-refractivity contribution in [3.8, 4) is 0 Å². The van der Waals surface area contributed by atoms with Gasteiger partial charge in [-0.05, 0) is 32.6 Å². The third-order valence-electron chi connectivity index (χ3n) is 21.2. The summed E-state index contributed by atoms with van der Waals surface area (Å²) in [4.78, 5) is 200. The number of nitrogens with zero attached hydrogens (tertiary/aromatic N) is 10. The Hall–Kier alpha value is -11.2. The van der Waals surface area contributed by atoms with Gasteiger partial charge in [0.2, 0.25) is 29.7 Å². The van der Waals surface area contributed by atoms with E-state index in [4.69, 9.17) is 85.5 Å². The molecular formula is C75H100N20O33S5. The number of ether oxygens (including phenoxy) is 12. The molecule has 15 rings (SSSR count). The number of hydrogen-bond donors (Lipinski definition) is 17. The molecule has 53 nitrogen and oxygen atoms in total. The van der Waals surface area contributed by atoms with Gasteiger partial charge in [-0.3, -0.25) is 110 Å². The van der Waals surface area contributed by atoms with Crippen LogP contribution in [0.2, 0.25) is 0 Å². The zero-order chi connectivity index (χ0) is 97.4. The molecule has 58 heteroatoms.